The van der Waals surface area contributed by atoms with Gasteiger partial charge in [-0.05, 0) is 44.0 Å². The molecule has 0 aliphatic heterocycles. The van der Waals surface area contributed by atoms with E-state index in [4.69, 9.17) is 0 Å². The third kappa shape index (κ3) is 1.66. The summed E-state index contributed by atoms with van der Waals surface area (Å²) in [7, 11) is 0. The molecule has 0 amide bonds. The number of aromatic amines is 1. The maximum absolute atomic E-state index is 4.13. The maximum Gasteiger partial charge on any atom is 0.115 e. The first-order valence-corrected chi connectivity index (χ1v) is 5.17. The zero-order valence-electron chi connectivity index (χ0n) is 6.46. The zero-order valence-corrected chi connectivity index (χ0v) is 9.63. The smallest absolute Gasteiger partial charge is 0.115 e. The molecule has 0 aliphatic rings. The standard InChI is InChI=1S/C8H5Br2N3/c9-6-7(12-13-8(6)10)5-2-1-3-11-4-5/h1-4H,(H,12,13). The van der Waals surface area contributed by atoms with Crippen molar-refractivity contribution in [3.63, 3.8) is 0 Å². The lowest BCUT2D eigenvalue weighted by atomic mass is 10.2. The van der Waals surface area contributed by atoms with Crippen molar-refractivity contribution in [2.24, 2.45) is 0 Å². The van der Waals surface area contributed by atoms with Crippen LogP contribution in [-0.2, 0) is 0 Å². The van der Waals surface area contributed by atoms with Crippen LogP contribution in [0.4, 0.5) is 0 Å². The van der Waals surface area contributed by atoms with E-state index in [1.165, 1.54) is 0 Å². The van der Waals surface area contributed by atoms with Crippen molar-refractivity contribution in [2.45, 2.75) is 0 Å². The number of rotatable bonds is 1. The van der Waals surface area contributed by atoms with Crippen LogP contribution in [0.3, 0.4) is 0 Å². The lowest BCUT2D eigenvalue weighted by molar-refractivity contribution is 1.07. The van der Waals surface area contributed by atoms with Gasteiger partial charge in [-0.3, -0.25) is 10.1 Å². The number of H-pyrrole nitrogens is 1. The first kappa shape index (κ1) is 8.90. The summed E-state index contributed by atoms with van der Waals surface area (Å²) in [4.78, 5) is 4.02. The van der Waals surface area contributed by atoms with Crippen LogP contribution >= 0.6 is 31.9 Å². The molecule has 2 aromatic heterocycles. The predicted molar refractivity (Wildman–Crippen MR) is 57.2 cm³/mol. The fourth-order valence-electron chi connectivity index (χ4n) is 1.00. The van der Waals surface area contributed by atoms with Crippen LogP contribution in [0.1, 0.15) is 0 Å². The van der Waals surface area contributed by atoms with Gasteiger partial charge in [-0.1, -0.05) is 0 Å². The molecule has 13 heavy (non-hydrogen) atoms. The highest BCUT2D eigenvalue weighted by atomic mass is 79.9. The van der Waals surface area contributed by atoms with E-state index in [0.717, 1.165) is 20.3 Å². The van der Waals surface area contributed by atoms with E-state index in [9.17, 15) is 0 Å². The van der Waals surface area contributed by atoms with E-state index in [1.807, 2.05) is 12.1 Å². The number of nitrogens with one attached hydrogen (secondary N) is 1. The van der Waals surface area contributed by atoms with Crippen molar-refractivity contribution in [1.29, 1.82) is 0 Å². The summed E-state index contributed by atoms with van der Waals surface area (Å²) >= 11 is 6.75. The minimum Gasteiger partial charge on any atom is -0.270 e. The Hall–Kier alpha value is -0.680. The number of halogens is 2. The Balaban J connectivity index is 2.53. The van der Waals surface area contributed by atoms with Gasteiger partial charge in [-0.25, -0.2) is 0 Å². The van der Waals surface area contributed by atoms with Gasteiger partial charge in [0.1, 0.15) is 10.3 Å². The Bertz CT molecular complexity index is 411. The molecule has 0 aromatic carbocycles. The molecule has 0 saturated heterocycles. The summed E-state index contributed by atoms with van der Waals surface area (Å²) in [6.45, 7) is 0. The molecule has 0 spiro atoms. The van der Waals surface area contributed by atoms with Crippen LogP contribution in [0.15, 0.2) is 33.6 Å². The van der Waals surface area contributed by atoms with Gasteiger partial charge >= 0.3 is 0 Å². The average Bonchev–Trinajstić information content (AvgIpc) is 2.49. The van der Waals surface area contributed by atoms with Crippen molar-refractivity contribution in [3.05, 3.63) is 33.6 Å². The normalized spacial score (nSPS) is 10.3. The third-order valence-electron chi connectivity index (χ3n) is 1.60. The molecule has 2 heterocycles. The molecule has 0 aliphatic carbocycles. The molecule has 0 atom stereocenters. The highest BCUT2D eigenvalue weighted by molar-refractivity contribution is 9.13. The molecular formula is C8H5Br2N3. The first-order chi connectivity index (χ1) is 6.29. The Kier molecular flexibility index (Phi) is 2.46. The Morgan fingerprint density at radius 2 is 2.15 bits per heavy atom. The van der Waals surface area contributed by atoms with Crippen LogP contribution in [0.2, 0.25) is 0 Å². The van der Waals surface area contributed by atoms with Gasteiger partial charge in [-0.15, -0.1) is 0 Å². The second kappa shape index (κ2) is 3.59. The SMILES string of the molecule is Brc1[nH]nc(-c2cccnc2)c1Br. The Labute approximate surface area is 91.8 Å². The highest BCUT2D eigenvalue weighted by Crippen LogP contribution is 2.30. The van der Waals surface area contributed by atoms with Crippen LogP contribution in [0, 0.1) is 0 Å². The van der Waals surface area contributed by atoms with Gasteiger partial charge in [-0.2, -0.15) is 5.10 Å². The minimum absolute atomic E-state index is 0.839. The molecule has 2 rings (SSSR count). The first-order valence-electron chi connectivity index (χ1n) is 3.59. The molecule has 0 fully saturated rings. The lowest BCUT2D eigenvalue weighted by Gasteiger charge is -1.94. The van der Waals surface area contributed by atoms with E-state index < -0.39 is 0 Å². The molecule has 0 unspecified atom stereocenters. The largest absolute Gasteiger partial charge is 0.270 e. The summed E-state index contributed by atoms with van der Waals surface area (Å²) in [6, 6.07) is 3.84. The summed E-state index contributed by atoms with van der Waals surface area (Å²) in [5, 5.41) is 6.95. The maximum atomic E-state index is 4.13. The number of nitrogens with zero attached hydrogens (tertiary/aromatic N) is 2. The van der Waals surface area contributed by atoms with Gasteiger partial charge in [0.25, 0.3) is 0 Å². The van der Waals surface area contributed by atoms with Gasteiger partial charge in [0.05, 0.1) is 4.47 Å². The summed E-state index contributed by atoms with van der Waals surface area (Å²) in [6.07, 6.45) is 3.51. The van der Waals surface area contributed by atoms with Crippen LogP contribution < -0.4 is 0 Å². The van der Waals surface area contributed by atoms with Crippen molar-refractivity contribution in [3.8, 4) is 11.3 Å². The Morgan fingerprint density at radius 1 is 1.31 bits per heavy atom. The topological polar surface area (TPSA) is 41.6 Å². The molecule has 2 aromatic rings. The van der Waals surface area contributed by atoms with Crippen molar-refractivity contribution in [1.82, 2.24) is 15.2 Å². The summed E-state index contributed by atoms with van der Waals surface area (Å²) < 4.78 is 1.76. The van der Waals surface area contributed by atoms with Gasteiger partial charge in [0.15, 0.2) is 0 Å². The second-order valence-electron chi connectivity index (χ2n) is 2.44. The Morgan fingerprint density at radius 3 is 2.69 bits per heavy atom. The van der Waals surface area contributed by atoms with Gasteiger partial charge < -0.3 is 0 Å². The number of pyridine rings is 1. The van der Waals surface area contributed by atoms with E-state index in [2.05, 4.69) is 47.0 Å². The predicted octanol–water partition coefficient (Wildman–Crippen LogP) is 3.00. The van der Waals surface area contributed by atoms with Crippen LogP contribution in [0.25, 0.3) is 11.3 Å². The van der Waals surface area contributed by atoms with E-state index in [1.54, 1.807) is 12.4 Å². The van der Waals surface area contributed by atoms with Crippen molar-refractivity contribution >= 4 is 31.9 Å². The highest BCUT2D eigenvalue weighted by Gasteiger charge is 2.09. The summed E-state index contributed by atoms with van der Waals surface area (Å²) in [5.41, 5.74) is 1.84. The molecular weight excluding hydrogens is 298 g/mol. The van der Waals surface area contributed by atoms with Crippen molar-refractivity contribution in [2.75, 3.05) is 0 Å². The second-order valence-corrected chi connectivity index (χ2v) is 4.03. The lowest BCUT2D eigenvalue weighted by Crippen LogP contribution is -1.79. The fourth-order valence-corrected chi connectivity index (χ4v) is 1.68. The summed E-state index contributed by atoms with van der Waals surface area (Å²) in [5.74, 6) is 0. The number of hydrogen-bond donors (Lipinski definition) is 1. The van der Waals surface area contributed by atoms with Gasteiger partial charge in [0, 0.05) is 18.0 Å². The third-order valence-corrected chi connectivity index (χ3v) is 3.48. The quantitative estimate of drug-likeness (QED) is 0.880. The van der Waals surface area contributed by atoms with E-state index >= 15 is 0 Å². The van der Waals surface area contributed by atoms with E-state index in [-0.39, 0.29) is 0 Å². The zero-order chi connectivity index (χ0) is 9.26. The number of hydrogen-bond acceptors (Lipinski definition) is 2. The van der Waals surface area contributed by atoms with Gasteiger partial charge in [0.2, 0.25) is 0 Å². The molecule has 3 nitrogen and oxygen atoms in total. The fraction of sp³-hybridized carbons (Fsp3) is 0. The average molecular weight is 303 g/mol. The van der Waals surface area contributed by atoms with Crippen LogP contribution in [-0.4, -0.2) is 15.2 Å². The molecule has 0 saturated carbocycles. The molecule has 66 valence electrons. The van der Waals surface area contributed by atoms with Crippen molar-refractivity contribution < 1.29 is 0 Å². The molecule has 0 radical (unpaired) electrons. The minimum atomic E-state index is 0.839. The molecule has 0 bridgehead atoms. The van der Waals surface area contributed by atoms with Crippen LogP contribution in [0.5, 0.6) is 0 Å². The monoisotopic (exact) mass is 301 g/mol. The molecule has 5 heteroatoms. The number of aromatic nitrogens is 3. The van der Waals surface area contributed by atoms with E-state index in [0.29, 0.717) is 0 Å². The molecule has 1 N–H and O–H groups in total.